The van der Waals surface area contributed by atoms with Crippen LogP contribution in [0.3, 0.4) is 0 Å². The molecule has 1 amide bonds. The van der Waals surface area contributed by atoms with Gasteiger partial charge in [-0.3, -0.25) is 4.79 Å². The molecule has 0 radical (unpaired) electrons. The number of hydrogen-bond donors (Lipinski definition) is 1. The number of nitrogens with one attached hydrogen (secondary N) is 1. The molecule has 1 rings (SSSR count). The summed E-state index contributed by atoms with van der Waals surface area (Å²) in [5, 5.41) is 2.78. The van der Waals surface area contributed by atoms with E-state index in [2.05, 4.69) is 5.32 Å². The Labute approximate surface area is 102 Å². The van der Waals surface area contributed by atoms with E-state index in [4.69, 9.17) is 4.74 Å². The summed E-state index contributed by atoms with van der Waals surface area (Å²) in [6, 6.07) is 0. The van der Waals surface area contributed by atoms with Crippen LogP contribution in [0.4, 0.5) is 0 Å². The first-order valence-electron chi connectivity index (χ1n) is 6.32. The molecule has 0 aromatic rings. The molecule has 0 unspecified atom stereocenters. The maximum Gasteiger partial charge on any atom is 0.335 e. The second-order valence-corrected chi connectivity index (χ2v) is 4.27. The minimum atomic E-state index is -0.279. The molecular weight excluding hydrogens is 218 g/mol. The molecule has 0 aliphatic heterocycles. The van der Waals surface area contributed by atoms with Crippen molar-refractivity contribution >= 4 is 11.9 Å². The summed E-state index contributed by atoms with van der Waals surface area (Å²) >= 11 is 0. The summed E-state index contributed by atoms with van der Waals surface area (Å²) in [5.74, 6) is -0.402. The highest BCUT2D eigenvalue weighted by molar-refractivity contribution is 5.90. The summed E-state index contributed by atoms with van der Waals surface area (Å²) in [6.45, 7) is 3.63. The van der Waals surface area contributed by atoms with Crippen molar-refractivity contribution in [3.8, 4) is 0 Å². The molecule has 0 aromatic carbocycles. The Hall–Kier alpha value is -1.32. The molecule has 4 heteroatoms. The molecule has 0 atom stereocenters. The van der Waals surface area contributed by atoms with Gasteiger partial charge in [0.1, 0.15) is 0 Å². The van der Waals surface area contributed by atoms with Crippen LogP contribution in [-0.4, -0.2) is 18.5 Å². The van der Waals surface area contributed by atoms with Crippen molar-refractivity contribution < 1.29 is 14.3 Å². The second kappa shape index (κ2) is 7.09. The molecule has 0 saturated carbocycles. The molecule has 0 saturated heterocycles. The van der Waals surface area contributed by atoms with Crippen molar-refractivity contribution in [1.82, 2.24) is 5.32 Å². The Kier molecular flexibility index (Phi) is 5.73. The van der Waals surface area contributed by atoms with Crippen LogP contribution in [0.15, 0.2) is 11.3 Å². The smallest absolute Gasteiger partial charge is 0.335 e. The molecule has 1 aliphatic rings. The van der Waals surface area contributed by atoms with E-state index in [-0.39, 0.29) is 11.9 Å². The molecule has 1 N–H and O–H groups in total. The zero-order valence-corrected chi connectivity index (χ0v) is 10.7. The summed E-state index contributed by atoms with van der Waals surface area (Å²) in [4.78, 5) is 23.0. The van der Waals surface area contributed by atoms with Crippen molar-refractivity contribution in [1.29, 1.82) is 0 Å². The first-order chi connectivity index (χ1) is 8.15. The van der Waals surface area contributed by atoms with Crippen LogP contribution in [0, 0.1) is 0 Å². The molecule has 4 nitrogen and oxygen atoms in total. The summed E-state index contributed by atoms with van der Waals surface area (Å²) < 4.78 is 5.04. The Morgan fingerprint density at radius 3 is 2.41 bits per heavy atom. The van der Waals surface area contributed by atoms with Crippen LogP contribution in [0.1, 0.15) is 52.4 Å². The van der Waals surface area contributed by atoms with E-state index in [9.17, 15) is 9.59 Å². The highest BCUT2D eigenvalue weighted by Crippen LogP contribution is 2.22. The third kappa shape index (κ3) is 4.59. The Morgan fingerprint density at radius 1 is 1.18 bits per heavy atom. The van der Waals surface area contributed by atoms with Gasteiger partial charge in [0.2, 0.25) is 5.91 Å². The van der Waals surface area contributed by atoms with Gasteiger partial charge in [0.05, 0.1) is 12.2 Å². The fraction of sp³-hybridized carbons (Fsp3) is 0.692. The number of carbonyl (C=O) groups is 2. The summed E-state index contributed by atoms with van der Waals surface area (Å²) in [6.07, 6.45) is 5.74. The molecule has 96 valence electrons. The van der Waals surface area contributed by atoms with E-state index in [0.29, 0.717) is 18.6 Å². The Balaban J connectivity index is 2.89. The van der Waals surface area contributed by atoms with Crippen LogP contribution >= 0.6 is 0 Å². The Bertz CT molecular complexity index is 321. The van der Waals surface area contributed by atoms with Crippen LogP contribution in [-0.2, 0) is 14.3 Å². The molecule has 17 heavy (non-hydrogen) atoms. The predicted octanol–water partition coefficient (Wildman–Crippen LogP) is 2.29. The zero-order valence-electron chi connectivity index (χ0n) is 10.7. The standard InChI is InChI=1S/C13H21NO3/c1-3-17-13(16)11-8-6-4-5-7-9-12(11)14-10(2)15/h3-9H2,1-2H3,(H,14,15). The molecule has 0 heterocycles. The molecule has 0 fully saturated rings. The number of ether oxygens (including phenoxy) is 1. The second-order valence-electron chi connectivity index (χ2n) is 4.27. The maximum absolute atomic E-state index is 11.8. The fourth-order valence-electron chi connectivity index (χ4n) is 2.05. The number of rotatable bonds is 3. The number of hydrogen-bond acceptors (Lipinski definition) is 3. The minimum Gasteiger partial charge on any atom is -0.463 e. The number of amides is 1. The lowest BCUT2D eigenvalue weighted by Crippen LogP contribution is -2.24. The van der Waals surface area contributed by atoms with Crippen molar-refractivity contribution in [3.05, 3.63) is 11.3 Å². The van der Waals surface area contributed by atoms with Crippen molar-refractivity contribution in [2.75, 3.05) is 6.61 Å². The predicted molar refractivity (Wildman–Crippen MR) is 65.2 cm³/mol. The molecular formula is C13H21NO3. The average molecular weight is 239 g/mol. The fourth-order valence-corrected chi connectivity index (χ4v) is 2.05. The SMILES string of the molecule is CCOC(=O)C1=C(NC(C)=O)CCCCCC1. The van der Waals surface area contributed by atoms with Gasteiger partial charge in [-0.1, -0.05) is 12.8 Å². The molecule has 1 aliphatic carbocycles. The van der Waals surface area contributed by atoms with Crippen LogP contribution in [0.2, 0.25) is 0 Å². The summed E-state index contributed by atoms with van der Waals surface area (Å²) in [7, 11) is 0. The molecule has 0 spiro atoms. The highest BCUT2D eigenvalue weighted by Gasteiger charge is 2.18. The first kappa shape index (κ1) is 13.7. The minimum absolute atomic E-state index is 0.123. The zero-order chi connectivity index (χ0) is 12.7. The maximum atomic E-state index is 11.8. The number of carbonyl (C=O) groups excluding carboxylic acids is 2. The van der Waals surface area contributed by atoms with Crippen LogP contribution in [0.5, 0.6) is 0 Å². The number of esters is 1. The van der Waals surface area contributed by atoms with E-state index in [1.165, 1.54) is 6.92 Å². The molecule has 0 bridgehead atoms. The van der Waals surface area contributed by atoms with Gasteiger partial charge in [-0.25, -0.2) is 4.79 Å². The van der Waals surface area contributed by atoms with E-state index in [1.807, 2.05) is 0 Å². The first-order valence-corrected chi connectivity index (χ1v) is 6.32. The van der Waals surface area contributed by atoms with E-state index >= 15 is 0 Å². The lowest BCUT2D eigenvalue weighted by Gasteiger charge is -2.17. The van der Waals surface area contributed by atoms with Gasteiger partial charge in [-0.15, -0.1) is 0 Å². The third-order valence-corrected chi connectivity index (χ3v) is 2.82. The van der Waals surface area contributed by atoms with E-state index in [0.717, 1.165) is 37.8 Å². The highest BCUT2D eigenvalue weighted by atomic mass is 16.5. The Morgan fingerprint density at radius 2 is 1.82 bits per heavy atom. The summed E-state index contributed by atoms with van der Waals surface area (Å²) in [5.41, 5.74) is 1.41. The van der Waals surface area contributed by atoms with Crippen molar-refractivity contribution in [3.63, 3.8) is 0 Å². The topological polar surface area (TPSA) is 55.4 Å². The van der Waals surface area contributed by atoms with Gasteiger partial charge in [-0.05, 0) is 32.6 Å². The van der Waals surface area contributed by atoms with Crippen molar-refractivity contribution in [2.24, 2.45) is 0 Å². The van der Waals surface area contributed by atoms with E-state index in [1.54, 1.807) is 6.92 Å². The van der Waals surface area contributed by atoms with Crippen molar-refractivity contribution in [2.45, 2.75) is 52.4 Å². The lowest BCUT2D eigenvalue weighted by atomic mass is 9.97. The monoisotopic (exact) mass is 239 g/mol. The van der Waals surface area contributed by atoms with Gasteiger partial charge in [0.25, 0.3) is 0 Å². The van der Waals surface area contributed by atoms with Gasteiger partial charge >= 0.3 is 5.97 Å². The lowest BCUT2D eigenvalue weighted by molar-refractivity contribution is -0.138. The average Bonchev–Trinajstić information content (AvgIpc) is 2.22. The third-order valence-electron chi connectivity index (χ3n) is 2.82. The quantitative estimate of drug-likeness (QED) is 0.769. The number of allylic oxidation sites excluding steroid dienone is 1. The largest absolute Gasteiger partial charge is 0.463 e. The normalized spacial score (nSPS) is 17.1. The molecule has 0 aromatic heterocycles. The van der Waals surface area contributed by atoms with Gasteiger partial charge in [0, 0.05) is 12.6 Å². The van der Waals surface area contributed by atoms with Crippen LogP contribution < -0.4 is 5.32 Å². The van der Waals surface area contributed by atoms with Gasteiger partial charge in [-0.2, -0.15) is 0 Å². The van der Waals surface area contributed by atoms with Gasteiger partial charge < -0.3 is 10.1 Å². The van der Waals surface area contributed by atoms with E-state index < -0.39 is 0 Å². The van der Waals surface area contributed by atoms with Gasteiger partial charge in [0.15, 0.2) is 0 Å². The van der Waals surface area contributed by atoms with Crippen LogP contribution in [0.25, 0.3) is 0 Å².